The number of nitrogens with zero attached hydrogens (tertiary/aromatic N) is 4. The first kappa shape index (κ1) is 27.9. The van der Waals surface area contributed by atoms with Crippen molar-refractivity contribution in [3.05, 3.63) is 42.1 Å². The zero-order chi connectivity index (χ0) is 28.8. The van der Waals surface area contributed by atoms with Crippen LogP contribution in [0.4, 0.5) is 37.6 Å². The fourth-order valence-electron chi connectivity index (χ4n) is 6.01. The number of aromatic nitrogens is 2. The van der Waals surface area contributed by atoms with Gasteiger partial charge in [0.15, 0.2) is 0 Å². The Morgan fingerprint density at radius 2 is 1.68 bits per heavy atom. The van der Waals surface area contributed by atoms with E-state index in [1.54, 1.807) is 12.3 Å². The highest BCUT2D eigenvalue weighted by atomic mass is 32.2. The highest BCUT2D eigenvalue weighted by molar-refractivity contribution is 7.92. The van der Waals surface area contributed by atoms with Crippen molar-refractivity contribution in [2.24, 2.45) is 5.41 Å². The number of rotatable bonds is 8. The molecule has 1 aromatic carbocycles. The number of pyridine rings is 2. The van der Waals surface area contributed by atoms with Crippen LogP contribution in [0, 0.1) is 12.3 Å². The zero-order valence-electron chi connectivity index (χ0n) is 23.2. The minimum atomic E-state index is -3.71. The first-order valence-corrected chi connectivity index (χ1v) is 15.9. The van der Waals surface area contributed by atoms with Crippen LogP contribution in [-0.4, -0.2) is 68.0 Å². The molecule has 3 aromatic rings. The molecule has 3 fully saturated rings. The van der Waals surface area contributed by atoms with E-state index in [9.17, 15) is 22.3 Å². The van der Waals surface area contributed by atoms with Gasteiger partial charge in [0, 0.05) is 50.6 Å². The largest absolute Gasteiger partial charge is 0.395 e. The molecule has 2 aliphatic heterocycles. The van der Waals surface area contributed by atoms with Gasteiger partial charge in [0.1, 0.15) is 17.5 Å². The molecular formula is C29H36F2N6O3S. The molecule has 220 valence electrons. The lowest BCUT2D eigenvalue weighted by molar-refractivity contribution is -0.0221. The Morgan fingerprint density at radius 3 is 2.37 bits per heavy atom. The van der Waals surface area contributed by atoms with Gasteiger partial charge < -0.3 is 20.2 Å². The van der Waals surface area contributed by atoms with Gasteiger partial charge in [-0.1, -0.05) is 0 Å². The number of piperidine rings is 2. The van der Waals surface area contributed by atoms with Crippen LogP contribution in [0.3, 0.4) is 0 Å². The van der Waals surface area contributed by atoms with Crippen molar-refractivity contribution in [3.63, 3.8) is 0 Å². The molecule has 4 heterocycles. The smallest absolute Gasteiger partial charge is 0.251 e. The van der Waals surface area contributed by atoms with E-state index in [4.69, 9.17) is 4.98 Å². The van der Waals surface area contributed by atoms with Crippen molar-refractivity contribution >= 4 is 49.6 Å². The van der Waals surface area contributed by atoms with Gasteiger partial charge in [-0.2, -0.15) is 0 Å². The number of aliphatic hydroxyl groups excluding tert-OH is 1. The molecule has 1 aliphatic carbocycles. The lowest BCUT2D eigenvalue weighted by Crippen LogP contribution is -2.39. The molecule has 6 rings (SSSR count). The second-order valence-electron chi connectivity index (χ2n) is 11.7. The summed E-state index contributed by atoms with van der Waals surface area (Å²) in [6, 6.07) is 9.28. The number of nitrogens with one attached hydrogen (secondary N) is 2. The van der Waals surface area contributed by atoms with Crippen LogP contribution in [0.1, 0.15) is 44.1 Å². The molecule has 0 radical (unpaired) electrons. The van der Waals surface area contributed by atoms with E-state index >= 15 is 0 Å². The zero-order valence-corrected chi connectivity index (χ0v) is 24.0. The van der Waals surface area contributed by atoms with Gasteiger partial charge in [-0.3, -0.25) is 4.72 Å². The lowest BCUT2D eigenvalue weighted by atomic mass is 9.93. The molecule has 0 amide bonds. The Labute approximate surface area is 239 Å². The predicted octanol–water partition coefficient (Wildman–Crippen LogP) is 5.03. The van der Waals surface area contributed by atoms with E-state index in [0.29, 0.717) is 28.6 Å². The fraction of sp³-hybridized carbons (Fsp3) is 0.517. The van der Waals surface area contributed by atoms with Crippen LogP contribution in [0.25, 0.3) is 10.8 Å². The summed E-state index contributed by atoms with van der Waals surface area (Å²) in [4.78, 5) is 13.6. The Kier molecular flexibility index (Phi) is 7.17. The van der Waals surface area contributed by atoms with Crippen molar-refractivity contribution in [1.29, 1.82) is 0 Å². The summed E-state index contributed by atoms with van der Waals surface area (Å²) in [5.41, 5.74) is 2.72. The number of halogens is 2. The summed E-state index contributed by atoms with van der Waals surface area (Å²) in [5, 5.41) is 14.2. The number of hydrogen-bond acceptors (Lipinski definition) is 8. The average molecular weight is 587 g/mol. The van der Waals surface area contributed by atoms with Gasteiger partial charge in [0.05, 0.1) is 23.7 Å². The Hall–Kier alpha value is -3.25. The van der Waals surface area contributed by atoms with E-state index < -0.39 is 22.6 Å². The number of benzene rings is 1. The van der Waals surface area contributed by atoms with Crippen LogP contribution in [0.2, 0.25) is 0 Å². The number of hydrogen-bond donors (Lipinski definition) is 3. The second kappa shape index (κ2) is 10.5. The van der Waals surface area contributed by atoms with E-state index in [1.807, 2.05) is 36.1 Å². The molecule has 2 saturated heterocycles. The average Bonchev–Trinajstić information content (AvgIpc) is 3.66. The van der Waals surface area contributed by atoms with Crippen LogP contribution >= 0.6 is 0 Å². The Bertz CT molecular complexity index is 1540. The van der Waals surface area contributed by atoms with Gasteiger partial charge in [0.25, 0.3) is 5.92 Å². The van der Waals surface area contributed by atoms with Crippen molar-refractivity contribution in [2.75, 3.05) is 58.4 Å². The first-order chi connectivity index (χ1) is 19.5. The van der Waals surface area contributed by atoms with Crippen LogP contribution in [0.5, 0.6) is 0 Å². The maximum Gasteiger partial charge on any atom is 0.251 e. The minimum absolute atomic E-state index is 0.193. The summed E-state index contributed by atoms with van der Waals surface area (Å²) in [5.74, 6) is -1.22. The van der Waals surface area contributed by atoms with E-state index in [2.05, 4.69) is 19.9 Å². The number of aryl methyl sites for hydroxylation is 1. The SMILES string of the molecule is Cc1cc(Nc2nccc3cc(NS(=O)(=O)CCO)cc(N4CCC5(CC4)CC5)c23)nc(N2CCC(F)(F)CC2)c1. The molecule has 2 aromatic heterocycles. The quantitative estimate of drug-likeness (QED) is 0.337. The fourth-order valence-corrected chi connectivity index (χ4v) is 6.83. The minimum Gasteiger partial charge on any atom is -0.395 e. The van der Waals surface area contributed by atoms with Crippen molar-refractivity contribution in [3.8, 4) is 0 Å². The number of alkyl halides is 2. The normalized spacial score (nSPS) is 19.9. The van der Waals surface area contributed by atoms with E-state index in [0.717, 1.165) is 48.0 Å². The van der Waals surface area contributed by atoms with Gasteiger partial charge in [-0.25, -0.2) is 27.2 Å². The van der Waals surface area contributed by atoms with Crippen molar-refractivity contribution < 1.29 is 22.3 Å². The molecule has 0 bridgehead atoms. The van der Waals surface area contributed by atoms with Crippen molar-refractivity contribution in [1.82, 2.24) is 9.97 Å². The molecule has 0 atom stereocenters. The first-order valence-electron chi connectivity index (χ1n) is 14.2. The monoisotopic (exact) mass is 586 g/mol. The molecular weight excluding hydrogens is 550 g/mol. The molecule has 1 spiro atoms. The summed E-state index contributed by atoms with van der Waals surface area (Å²) in [6.45, 7) is 3.69. The Balaban J connectivity index is 1.36. The van der Waals surface area contributed by atoms with Gasteiger partial charge >= 0.3 is 0 Å². The third kappa shape index (κ3) is 6.18. The molecule has 9 nitrogen and oxygen atoms in total. The Morgan fingerprint density at radius 1 is 0.976 bits per heavy atom. The number of sulfonamides is 1. The topological polar surface area (TPSA) is 111 Å². The maximum atomic E-state index is 13.8. The predicted molar refractivity (Wildman–Crippen MR) is 158 cm³/mol. The highest BCUT2D eigenvalue weighted by Gasteiger charge is 2.44. The lowest BCUT2D eigenvalue weighted by Gasteiger charge is -2.35. The van der Waals surface area contributed by atoms with Crippen LogP contribution < -0.4 is 19.8 Å². The maximum absolute atomic E-state index is 13.8. The van der Waals surface area contributed by atoms with E-state index in [1.165, 1.54) is 12.8 Å². The van der Waals surface area contributed by atoms with Gasteiger partial charge in [0.2, 0.25) is 10.0 Å². The summed E-state index contributed by atoms with van der Waals surface area (Å²) in [7, 11) is -3.71. The molecule has 1 saturated carbocycles. The molecule has 12 heteroatoms. The van der Waals surface area contributed by atoms with E-state index in [-0.39, 0.29) is 31.7 Å². The molecule has 41 heavy (non-hydrogen) atoms. The standard InChI is InChI=1S/C29H36F2N6O3S/c1-20-16-24(33-25(17-20)37-12-7-29(30,31)8-13-37)34-27-26-21(2-9-32-27)18-22(35-41(39,40)15-14-38)19-23(26)36-10-5-28(3-4-28)6-11-36/h2,9,16-19,35,38H,3-8,10-15H2,1H3,(H,32,33,34). The highest BCUT2D eigenvalue weighted by Crippen LogP contribution is 2.54. The van der Waals surface area contributed by atoms with Gasteiger partial charge in [-0.05, 0) is 79.3 Å². The molecule has 3 N–H and O–H groups in total. The third-order valence-electron chi connectivity index (χ3n) is 8.62. The summed E-state index contributed by atoms with van der Waals surface area (Å²) in [6.07, 6.45) is 6.01. The third-order valence-corrected chi connectivity index (χ3v) is 9.89. The molecule has 0 unspecified atom stereocenters. The second-order valence-corrected chi connectivity index (χ2v) is 13.6. The number of aliphatic hydroxyl groups is 1. The number of fused-ring (bicyclic) bond motifs is 1. The van der Waals surface area contributed by atoms with Crippen molar-refractivity contribution in [2.45, 2.75) is 51.4 Å². The van der Waals surface area contributed by atoms with Crippen LogP contribution in [0.15, 0.2) is 36.5 Å². The summed E-state index contributed by atoms with van der Waals surface area (Å²) < 4.78 is 55.1. The summed E-state index contributed by atoms with van der Waals surface area (Å²) >= 11 is 0. The van der Waals surface area contributed by atoms with Crippen LogP contribution in [-0.2, 0) is 10.0 Å². The number of anilines is 5. The van der Waals surface area contributed by atoms with Gasteiger partial charge in [-0.15, -0.1) is 0 Å². The molecule has 3 aliphatic rings.